The third-order valence-corrected chi connectivity index (χ3v) is 4.79. The lowest BCUT2D eigenvalue weighted by Crippen LogP contribution is -2.46. The van der Waals surface area contributed by atoms with Gasteiger partial charge in [0.1, 0.15) is 11.6 Å². The Morgan fingerprint density at radius 3 is 2.59 bits per heavy atom. The molecule has 1 aliphatic rings. The van der Waals surface area contributed by atoms with Gasteiger partial charge in [0.2, 0.25) is 0 Å². The second-order valence-electron chi connectivity index (χ2n) is 6.49. The van der Waals surface area contributed by atoms with Crippen LogP contribution in [0.5, 0.6) is 5.75 Å². The number of hydrogen-bond acceptors (Lipinski definition) is 5. The first-order valence-electron chi connectivity index (χ1n) is 8.80. The molecule has 0 saturated carbocycles. The van der Waals surface area contributed by atoms with E-state index in [2.05, 4.69) is 33.0 Å². The van der Waals surface area contributed by atoms with Gasteiger partial charge in [-0.2, -0.15) is 0 Å². The third-order valence-electron chi connectivity index (χ3n) is 4.79. The van der Waals surface area contributed by atoms with Gasteiger partial charge in [-0.15, -0.1) is 0 Å². The number of aromatic hydroxyl groups is 1. The Hall–Kier alpha value is -3.47. The highest BCUT2D eigenvalue weighted by Gasteiger charge is 2.32. The first kappa shape index (κ1) is 17.0. The van der Waals surface area contributed by atoms with Gasteiger partial charge in [0.15, 0.2) is 0 Å². The van der Waals surface area contributed by atoms with Crippen LogP contribution in [-0.4, -0.2) is 33.1 Å². The Balaban J connectivity index is 1.57. The van der Waals surface area contributed by atoms with E-state index >= 15 is 0 Å². The fraction of sp³-hybridized carbons (Fsp3) is 0.136. The lowest BCUT2D eigenvalue weighted by Gasteiger charge is -2.40. The van der Waals surface area contributed by atoms with Gasteiger partial charge < -0.3 is 10.0 Å². The molecule has 2 aromatic heterocycles. The molecule has 3 aromatic rings. The Labute approximate surface area is 158 Å². The van der Waals surface area contributed by atoms with Crippen molar-refractivity contribution >= 4 is 18.0 Å². The van der Waals surface area contributed by atoms with E-state index in [0.29, 0.717) is 0 Å². The molecule has 4 rings (SSSR count). The Bertz CT molecular complexity index is 1010. The lowest BCUT2D eigenvalue weighted by molar-refractivity contribution is 0.475. The minimum Gasteiger partial charge on any atom is -0.508 e. The van der Waals surface area contributed by atoms with Gasteiger partial charge in [0.05, 0.1) is 17.1 Å². The molecule has 0 amide bonds. The van der Waals surface area contributed by atoms with Crippen LogP contribution in [0.2, 0.25) is 0 Å². The number of pyridine rings is 1. The molecule has 0 bridgehead atoms. The maximum atomic E-state index is 9.78. The summed E-state index contributed by atoms with van der Waals surface area (Å²) in [5.41, 5.74) is 4.46. The van der Waals surface area contributed by atoms with Crippen molar-refractivity contribution in [2.24, 2.45) is 0 Å². The van der Waals surface area contributed by atoms with E-state index in [4.69, 9.17) is 0 Å². The SMILES string of the molecule is C=Cc1ccc(N2CC(c3nccnc3-c3cccc(O)c3)C2)nc1C=C. The van der Waals surface area contributed by atoms with Crippen LogP contribution < -0.4 is 4.90 Å². The predicted molar refractivity (Wildman–Crippen MR) is 109 cm³/mol. The minimum atomic E-state index is 0.225. The fourth-order valence-electron chi connectivity index (χ4n) is 3.35. The minimum absolute atomic E-state index is 0.225. The van der Waals surface area contributed by atoms with Crippen molar-refractivity contribution in [1.82, 2.24) is 15.0 Å². The average molecular weight is 356 g/mol. The van der Waals surface area contributed by atoms with E-state index in [9.17, 15) is 5.11 Å². The van der Waals surface area contributed by atoms with E-state index in [1.165, 1.54) is 0 Å². The molecule has 1 aromatic carbocycles. The zero-order chi connectivity index (χ0) is 18.8. The summed E-state index contributed by atoms with van der Waals surface area (Å²) in [5, 5.41) is 9.78. The molecule has 1 fully saturated rings. The Morgan fingerprint density at radius 2 is 1.85 bits per heavy atom. The average Bonchev–Trinajstić information content (AvgIpc) is 2.67. The summed E-state index contributed by atoms with van der Waals surface area (Å²) in [6, 6.07) is 11.1. The van der Waals surface area contributed by atoms with Crippen LogP contribution in [0.15, 0.2) is 61.9 Å². The molecule has 1 N–H and O–H groups in total. The number of benzene rings is 1. The van der Waals surface area contributed by atoms with Crippen LogP contribution in [0.4, 0.5) is 5.82 Å². The van der Waals surface area contributed by atoms with Crippen molar-refractivity contribution in [1.29, 1.82) is 0 Å². The summed E-state index contributed by atoms with van der Waals surface area (Å²) in [6.07, 6.45) is 6.94. The number of nitrogens with zero attached hydrogens (tertiary/aromatic N) is 4. The van der Waals surface area contributed by atoms with Crippen LogP contribution in [0.25, 0.3) is 23.4 Å². The highest BCUT2D eigenvalue weighted by Crippen LogP contribution is 2.35. The monoisotopic (exact) mass is 356 g/mol. The molecule has 0 aliphatic carbocycles. The van der Waals surface area contributed by atoms with Crippen molar-refractivity contribution < 1.29 is 5.11 Å². The quantitative estimate of drug-likeness (QED) is 0.745. The van der Waals surface area contributed by atoms with Gasteiger partial charge in [-0.1, -0.05) is 31.4 Å². The van der Waals surface area contributed by atoms with Gasteiger partial charge in [-0.3, -0.25) is 9.97 Å². The number of rotatable bonds is 5. The van der Waals surface area contributed by atoms with Crippen LogP contribution in [0, 0.1) is 0 Å². The standard InChI is InChI=1S/C22H20N4O/c1-3-15-8-9-20(25-19(15)4-2)26-13-17(14-26)22-21(23-10-11-24-22)16-6-5-7-18(27)12-16/h3-12,17,27H,1-2,13-14H2. The number of phenolic OH excluding ortho intramolecular Hbond substituents is 1. The second-order valence-corrected chi connectivity index (χ2v) is 6.49. The molecule has 27 heavy (non-hydrogen) atoms. The van der Waals surface area contributed by atoms with Gasteiger partial charge >= 0.3 is 0 Å². The molecule has 1 saturated heterocycles. The largest absolute Gasteiger partial charge is 0.508 e. The van der Waals surface area contributed by atoms with Crippen LogP contribution in [-0.2, 0) is 0 Å². The van der Waals surface area contributed by atoms with Gasteiger partial charge in [0, 0.05) is 37.0 Å². The summed E-state index contributed by atoms with van der Waals surface area (Å²) in [5.74, 6) is 1.42. The van der Waals surface area contributed by atoms with Crippen LogP contribution in [0.3, 0.4) is 0 Å². The van der Waals surface area contributed by atoms with Crippen molar-refractivity contribution in [3.63, 3.8) is 0 Å². The third kappa shape index (κ3) is 3.19. The molecule has 5 heteroatoms. The normalized spacial score (nSPS) is 13.9. The summed E-state index contributed by atoms with van der Waals surface area (Å²) in [6.45, 7) is 9.28. The highest BCUT2D eigenvalue weighted by atomic mass is 16.3. The van der Waals surface area contributed by atoms with Crippen LogP contribution in [0.1, 0.15) is 22.9 Å². The molecular weight excluding hydrogens is 336 g/mol. The Morgan fingerprint density at radius 1 is 1.04 bits per heavy atom. The second kappa shape index (κ2) is 7.03. The first-order valence-corrected chi connectivity index (χ1v) is 8.80. The topological polar surface area (TPSA) is 62.1 Å². The predicted octanol–water partition coefficient (Wildman–Crippen LogP) is 4.13. The number of aromatic nitrogens is 3. The van der Waals surface area contributed by atoms with Crippen molar-refractivity contribution in [3.05, 3.63) is 78.9 Å². The molecule has 1 aliphatic heterocycles. The van der Waals surface area contributed by atoms with E-state index in [-0.39, 0.29) is 11.7 Å². The molecular formula is C22H20N4O. The van der Waals surface area contributed by atoms with E-state index < -0.39 is 0 Å². The van der Waals surface area contributed by atoms with Crippen molar-refractivity contribution in [2.75, 3.05) is 18.0 Å². The molecule has 0 unspecified atom stereocenters. The van der Waals surface area contributed by atoms with E-state index in [0.717, 1.165) is 47.1 Å². The lowest BCUT2D eigenvalue weighted by atomic mass is 9.92. The van der Waals surface area contributed by atoms with Gasteiger partial charge in [-0.25, -0.2) is 4.98 Å². The summed E-state index contributed by atoms with van der Waals surface area (Å²) in [7, 11) is 0. The van der Waals surface area contributed by atoms with Gasteiger partial charge in [0.25, 0.3) is 0 Å². The molecule has 3 heterocycles. The molecule has 5 nitrogen and oxygen atoms in total. The molecule has 0 atom stereocenters. The number of hydrogen-bond donors (Lipinski definition) is 1. The van der Waals surface area contributed by atoms with E-state index in [1.54, 1.807) is 36.7 Å². The zero-order valence-corrected chi connectivity index (χ0v) is 14.9. The number of phenols is 1. The Kier molecular flexibility index (Phi) is 4.42. The highest BCUT2D eigenvalue weighted by molar-refractivity contribution is 5.66. The van der Waals surface area contributed by atoms with Gasteiger partial charge in [-0.05, 0) is 35.9 Å². The summed E-state index contributed by atoms with van der Waals surface area (Å²) in [4.78, 5) is 16.0. The zero-order valence-electron chi connectivity index (χ0n) is 14.9. The number of anilines is 1. The molecule has 134 valence electrons. The van der Waals surface area contributed by atoms with E-state index in [1.807, 2.05) is 24.3 Å². The maximum Gasteiger partial charge on any atom is 0.129 e. The fourth-order valence-corrected chi connectivity index (χ4v) is 3.35. The smallest absolute Gasteiger partial charge is 0.129 e. The summed E-state index contributed by atoms with van der Waals surface area (Å²) >= 11 is 0. The summed E-state index contributed by atoms with van der Waals surface area (Å²) < 4.78 is 0. The van der Waals surface area contributed by atoms with Crippen molar-refractivity contribution in [3.8, 4) is 17.0 Å². The molecule has 0 spiro atoms. The first-order chi connectivity index (χ1) is 13.2. The maximum absolute atomic E-state index is 9.78. The molecule has 0 radical (unpaired) electrons. The van der Waals surface area contributed by atoms with Crippen molar-refractivity contribution in [2.45, 2.75) is 5.92 Å². The van der Waals surface area contributed by atoms with Crippen LogP contribution >= 0.6 is 0 Å².